The second-order valence-corrected chi connectivity index (χ2v) is 4.73. The molecule has 1 unspecified atom stereocenters. The number of nitrogens with one attached hydrogen (secondary N) is 1. The van der Waals surface area contributed by atoms with E-state index in [-0.39, 0.29) is 11.8 Å². The summed E-state index contributed by atoms with van der Waals surface area (Å²) in [7, 11) is 0. The first-order valence-electron chi connectivity index (χ1n) is 6.52. The van der Waals surface area contributed by atoms with Gasteiger partial charge in [0.05, 0.1) is 16.4 Å². The zero-order chi connectivity index (χ0) is 14.5. The fraction of sp³-hybridized carbons (Fsp3) is 0.357. The number of nitro groups is 1. The van der Waals surface area contributed by atoms with Crippen molar-refractivity contribution in [1.82, 2.24) is 4.98 Å². The maximum absolute atomic E-state index is 11.0. The molecule has 0 saturated heterocycles. The van der Waals surface area contributed by atoms with Crippen molar-refractivity contribution in [2.24, 2.45) is 0 Å². The fourth-order valence-electron chi connectivity index (χ4n) is 2.11. The van der Waals surface area contributed by atoms with Crippen LogP contribution in [0.1, 0.15) is 19.8 Å². The largest absolute Gasteiger partial charge is 0.393 e. The van der Waals surface area contributed by atoms with E-state index in [0.717, 1.165) is 23.9 Å². The summed E-state index contributed by atoms with van der Waals surface area (Å²) in [6.07, 6.45) is 4.37. The van der Waals surface area contributed by atoms with Crippen LogP contribution >= 0.6 is 0 Å². The standard InChI is InChI=1S/C14H17N3O3/c1-10(18)3-2-7-16-13-4-5-14(17(19)20)12-9-15-8-6-11(12)13/h4-6,8-10,16,18H,2-3,7H2,1H3. The average molecular weight is 275 g/mol. The lowest BCUT2D eigenvalue weighted by atomic mass is 10.1. The SMILES string of the molecule is CC(O)CCCNc1ccc([N+](=O)[O-])c2cnccc12. The third kappa shape index (κ3) is 3.21. The van der Waals surface area contributed by atoms with Crippen molar-refractivity contribution in [3.63, 3.8) is 0 Å². The number of hydrogen-bond acceptors (Lipinski definition) is 5. The molecule has 0 aliphatic rings. The number of non-ortho nitro benzene ring substituents is 1. The van der Waals surface area contributed by atoms with Crippen LogP contribution in [0, 0.1) is 10.1 Å². The summed E-state index contributed by atoms with van der Waals surface area (Å²) in [6, 6.07) is 4.96. The normalized spacial score (nSPS) is 12.3. The van der Waals surface area contributed by atoms with Crippen molar-refractivity contribution in [2.45, 2.75) is 25.9 Å². The lowest BCUT2D eigenvalue weighted by molar-refractivity contribution is -0.383. The van der Waals surface area contributed by atoms with Gasteiger partial charge in [-0.3, -0.25) is 15.1 Å². The van der Waals surface area contributed by atoms with Gasteiger partial charge in [0, 0.05) is 36.1 Å². The van der Waals surface area contributed by atoms with Gasteiger partial charge in [-0.1, -0.05) is 0 Å². The van der Waals surface area contributed by atoms with Gasteiger partial charge < -0.3 is 10.4 Å². The van der Waals surface area contributed by atoms with Crippen LogP contribution in [-0.4, -0.2) is 27.7 Å². The van der Waals surface area contributed by atoms with Crippen molar-refractivity contribution in [2.75, 3.05) is 11.9 Å². The molecule has 0 aliphatic carbocycles. The minimum absolute atomic E-state index is 0.0580. The summed E-state index contributed by atoms with van der Waals surface area (Å²) in [5.74, 6) is 0. The van der Waals surface area contributed by atoms with Crippen LogP contribution < -0.4 is 5.32 Å². The Balaban J connectivity index is 2.22. The number of nitrogens with zero attached hydrogens (tertiary/aromatic N) is 2. The van der Waals surface area contributed by atoms with Gasteiger partial charge in [-0.15, -0.1) is 0 Å². The molecule has 0 bridgehead atoms. The Hall–Kier alpha value is -2.21. The summed E-state index contributed by atoms with van der Waals surface area (Å²) in [5, 5.41) is 24.8. The number of benzene rings is 1. The van der Waals surface area contributed by atoms with Crippen LogP contribution in [0.4, 0.5) is 11.4 Å². The monoisotopic (exact) mass is 275 g/mol. The maximum atomic E-state index is 11.0. The molecule has 2 aromatic rings. The topological polar surface area (TPSA) is 88.3 Å². The molecule has 0 radical (unpaired) electrons. The highest BCUT2D eigenvalue weighted by atomic mass is 16.6. The Morgan fingerprint density at radius 1 is 1.40 bits per heavy atom. The molecular formula is C14H17N3O3. The smallest absolute Gasteiger partial charge is 0.278 e. The first-order chi connectivity index (χ1) is 9.59. The number of anilines is 1. The van der Waals surface area contributed by atoms with Crippen LogP contribution in [-0.2, 0) is 0 Å². The van der Waals surface area contributed by atoms with Crippen LogP contribution in [0.2, 0.25) is 0 Å². The lowest BCUT2D eigenvalue weighted by Gasteiger charge is -2.10. The fourth-order valence-corrected chi connectivity index (χ4v) is 2.11. The molecule has 0 fully saturated rings. The Morgan fingerprint density at radius 2 is 2.20 bits per heavy atom. The third-order valence-corrected chi connectivity index (χ3v) is 3.11. The summed E-state index contributed by atoms with van der Waals surface area (Å²) in [5.41, 5.74) is 0.904. The van der Waals surface area contributed by atoms with E-state index in [2.05, 4.69) is 10.3 Å². The molecule has 2 N–H and O–H groups in total. The highest BCUT2D eigenvalue weighted by molar-refractivity contribution is 5.99. The van der Waals surface area contributed by atoms with Gasteiger partial charge in [-0.2, -0.15) is 0 Å². The number of aliphatic hydroxyl groups is 1. The van der Waals surface area contributed by atoms with Crippen LogP contribution in [0.3, 0.4) is 0 Å². The zero-order valence-corrected chi connectivity index (χ0v) is 11.2. The van der Waals surface area contributed by atoms with Gasteiger partial charge in [0.1, 0.15) is 0 Å². The highest BCUT2D eigenvalue weighted by Crippen LogP contribution is 2.30. The van der Waals surface area contributed by atoms with Gasteiger partial charge in [-0.25, -0.2) is 0 Å². The van der Waals surface area contributed by atoms with Gasteiger partial charge in [0.25, 0.3) is 5.69 Å². The van der Waals surface area contributed by atoms with E-state index < -0.39 is 4.92 Å². The average Bonchev–Trinajstić information content (AvgIpc) is 2.43. The molecule has 0 aliphatic heterocycles. The van der Waals surface area contributed by atoms with E-state index in [4.69, 9.17) is 0 Å². The molecule has 20 heavy (non-hydrogen) atoms. The molecule has 106 valence electrons. The van der Waals surface area contributed by atoms with Gasteiger partial charge in [0.2, 0.25) is 0 Å². The van der Waals surface area contributed by atoms with E-state index >= 15 is 0 Å². The van der Waals surface area contributed by atoms with E-state index in [1.54, 1.807) is 25.3 Å². The number of hydrogen-bond donors (Lipinski definition) is 2. The van der Waals surface area contributed by atoms with E-state index in [9.17, 15) is 15.2 Å². The van der Waals surface area contributed by atoms with Gasteiger partial charge in [0.15, 0.2) is 0 Å². The minimum atomic E-state index is -0.402. The first-order valence-corrected chi connectivity index (χ1v) is 6.52. The lowest BCUT2D eigenvalue weighted by Crippen LogP contribution is -2.07. The summed E-state index contributed by atoms with van der Waals surface area (Å²) >= 11 is 0. The molecule has 0 amide bonds. The Labute approximate surface area is 116 Å². The van der Waals surface area contributed by atoms with Crippen molar-refractivity contribution in [1.29, 1.82) is 0 Å². The third-order valence-electron chi connectivity index (χ3n) is 3.11. The van der Waals surface area contributed by atoms with Crippen LogP contribution in [0.25, 0.3) is 10.8 Å². The predicted molar refractivity (Wildman–Crippen MR) is 77.8 cm³/mol. The number of aromatic nitrogens is 1. The van der Waals surface area contributed by atoms with Crippen molar-refractivity contribution in [3.8, 4) is 0 Å². The second kappa shape index (κ2) is 6.29. The minimum Gasteiger partial charge on any atom is -0.393 e. The number of rotatable bonds is 6. The summed E-state index contributed by atoms with van der Waals surface area (Å²) in [6.45, 7) is 2.47. The predicted octanol–water partition coefficient (Wildman–Crippen LogP) is 2.72. The quantitative estimate of drug-likeness (QED) is 0.480. The van der Waals surface area contributed by atoms with Gasteiger partial charge >= 0.3 is 0 Å². The Kier molecular flexibility index (Phi) is 4.47. The molecule has 1 atom stereocenters. The van der Waals surface area contributed by atoms with Crippen molar-refractivity contribution in [3.05, 3.63) is 40.7 Å². The number of nitro benzene ring substituents is 1. The molecule has 6 nitrogen and oxygen atoms in total. The van der Waals surface area contributed by atoms with E-state index in [1.807, 2.05) is 0 Å². The molecule has 2 rings (SSSR count). The number of aliphatic hydroxyl groups excluding tert-OH is 1. The molecule has 0 spiro atoms. The molecule has 0 saturated carbocycles. The number of pyridine rings is 1. The van der Waals surface area contributed by atoms with E-state index in [0.29, 0.717) is 11.9 Å². The maximum Gasteiger partial charge on any atom is 0.278 e. The summed E-state index contributed by atoms with van der Waals surface area (Å²) in [4.78, 5) is 14.5. The molecule has 1 aromatic heterocycles. The van der Waals surface area contributed by atoms with Crippen molar-refractivity contribution < 1.29 is 10.0 Å². The molecular weight excluding hydrogens is 258 g/mol. The highest BCUT2D eigenvalue weighted by Gasteiger charge is 2.13. The van der Waals surface area contributed by atoms with Crippen LogP contribution in [0.15, 0.2) is 30.6 Å². The van der Waals surface area contributed by atoms with E-state index in [1.165, 1.54) is 12.3 Å². The second-order valence-electron chi connectivity index (χ2n) is 4.73. The molecule has 6 heteroatoms. The summed E-state index contributed by atoms with van der Waals surface area (Å²) < 4.78 is 0. The Bertz CT molecular complexity index is 614. The van der Waals surface area contributed by atoms with Crippen LogP contribution in [0.5, 0.6) is 0 Å². The molecule has 1 aromatic carbocycles. The first kappa shape index (κ1) is 14.2. The molecule has 1 heterocycles. The Morgan fingerprint density at radius 3 is 2.90 bits per heavy atom. The van der Waals surface area contributed by atoms with Gasteiger partial charge in [-0.05, 0) is 31.9 Å². The van der Waals surface area contributed by atoms with Crippen molar-refractivity contribution >= 4 is 22.1 Å². The number of fused-ring (bicyclic) bond motifs is 1. The zero-order valence-electron chi connectivity index (χ0n) is 11.2.